The molecule has 348 valence electrons. The van der Waals surface area contributed by atoms with Crippen molar-refractivity contribution in [3.63, 3.8) is 0 Å². The highest BCUT2D eigenvalue weighted by Gasteiger charge is 2.72. The van der Waals surface area contributed by atoms with Crippen LogP contribution in [0.15, 0.2) is 91.3 Å². The van der Waals surface area contributed by atoms with E-state index in [1.165, 1.54) is 11.0 Å². The minimum atomic E-state index is -1.35. The summed E-state index contributed by atoms with van der Waals surface area (Å²) < 4.78 is 18.0. The molecule has 3 fully saturated rings. The number of hydrogen-bond acceptors (Lipinski definition) is 9. The maximum Gasteiger partial charge on any atom is 0.255 e. The second kappa shape index (κ2) is 18.2. The van der Waals surface area contributed by atoms with Crippen LogP contribution in [0.2, 0.25) is 10.0 Å². The molecule has 6 N–H and O–H groups in total. The standard InChI is InChI=1S/C51H47Cl2FN8O6/c52-32-15-18-37-39(25-32)58-49(68)51(37)42(35-9-5-10-38(53)43(35)54)44(60-50(51)21-2-1-3-22-50)47(66)57-33-16-13-31(14-17-33)45(64)55-23-6-24-61-27-29(26-56-61)11-12-30-7-4-8-34-36(30)28-62(48(34)67)40-19-20-41(63)59-46(40)65/h4-5,7-10,13-18,25-27,40,42,44-45,55,60,64H,1-3,6,19-24,28H2,(H,57,66)(H,58,68)(H,59,63,65)/t40?,42-,44+,45?,51+/m0/s1. The van der Waals surface area contributed by atoms with Gasteiger partial charge in [0.25, 0.3) is 5.91 Å². The van der Waals surface area contributed by atoms with Crippen LogP contribution in [0.5, 0.6) is 0 Å². The molecule has 0 radical (unpaired) electrons. The predicted octanol–water partition coefficient (Wildman–Crippen LogP) is 6.45. The van der Waals surface area contributed by atoms with Crippen LogP contribution in [0.1, 0.15) is 107 Å². The molecule has 10 rings (SSSR count). The normalized spacial score (nSPS) is 22.9. The number of rotatable bonds is 10. The summed E-state index contributed by atoms with van der Waals surface area (Å²) in [5, 5.41) is 30.9. The van der Waals surface area contributed by atoms with Gasteiger partial charge in [0.05, 0.1) is 22.8 Å². The first kappa shape index (κ1) is 45.4. The zero-order valence-corrected chi connectivity index (χ0v) is 38.2. The number of aliphatic hydroxyl groups is 1. The van der Waals surface area contributed by atoms with E-state index in [-0.39, 0.29) is 47.7 Å². The molecule has 4 aromatic carbocycles. The first-order chi connectivity index (χ1) is 32.9. The van der Waals surface area contributed by atoms with Crippen LogP contribution in [-0.4, -0.2) is 73.5 Å². The van der Waals surface area contributed by atoms with Gasteiger partial charge < -0.3 is 20.6 Å². The number of carbonyl (C=O) groups excluding carboxylic acids is 5. The number of amides is 5. The number of hydrogen-bond donors (Lipinski definition) is 6. The molecule has 1 saturated carbocycles. The minimum absolute atomic E-state index is 0.104. The molecule has 5 aliphatic rings. The van der Waals surface area contributed by atoms with Crippen LogP contribution in [-0.2, 0) is 37.7 Å². The molecular weight excluding hydrogens is 911 g/mol. The summed E-state index contributed by atoms with van der Waals surface area (Å²) in [7, 11) is 0. The van der Waals surface area contributed by atoms with E-state index in [4.69, 9.17) is 23.2 Å². The zero-order chi connectivity index (χ0) is 47.3. The summed E-state index contributed by atoms with van der Waals surface area (Å²) in [6.45, 7) is 1.23. The molecule has 4 aliphatic heterocycles. The van der Waals surface area contributed by atoms with Crippen molar-refractivity contribution in [2.45, 2.75) is 99.6 Å². The summed E-state index contributed by atoms with van der Waals surface area (Å²) >= 11 is 12.8. The maximum absolute atomic E-state index is 16.3. The Bertz CT molecular complexity index is 2950. The Kier molecular flexibility index (Phi) is 12.2. The monoisotopic (exact) mass is 956 g/mol. The number of nitrogens with zero attached hydrogens (tertiary/aromatic N) is 3. The number of imide groups is 1. The highest BCUT2D eigenvalue weighted by Crippen LogP contribution is 2.63. The number of carbonyl (C=O) groups is 5. The van der Waals surface area contributed by atoms with Gasteiger partial charge in [0.15, 0.2) is 0 Å². The summed E-state index contributed by atoms with van der Waals surface area (Å²) in [5.74, 6) is 2.83. The number of fused-ring (bicyclic) bond motifs is 4. The number of aliphatic hydroxyl groups excluding tert-OH is 1. The lowest BCUT2D eigenvalue weighted by molar-refractivity contribution is -0.137. The first-order valence-electron chi connectivity index (χ1n) is 22.8. The third-order valence-electron chi connectivity index (χ3n) is 14.3. The Hall–Kier alpha value is -6.41. The maximum atomic E-state index is 16.3. The quantitative estimate of drug-likeness (QED) is 0.0396. The van der Waals surface area contributed by atoms with Crippen LogP contribution in [0.4, 0.5) is 15.8 Å². The van der Waals surface area contributed by atoms with Gasteiger partial charge in [0.2, 0.25) is 23.6 Å². The molecule has 5 aromatic rings. The lowest BCUT2D eigenvalue weighted by atomic mass is 9.55. The predicted molar refractivity (Wildman–Crippen MR) is 252 cm³/mol. The third kappa shape index (κ3) is 7.93. The van der Waals surface area contributed by atoms with E-state index in [9.17, 15) is 29.1 Å². The minimum Gasteiger partial charge on any atom is -0.374 e. The number of aryl methyl sites for hydroxylation is 1. The van der Waals surface area contributed by atoms with Gasteiger partial charge in [-0.05, 0) is 96.9 Å². The van der Waals surface area contributed by atoms with Crippen LogP contribution in [0.3, 0.4) is 0 Å². The van der Waals surface area contributed by atoms with E-state index in [0.717, 1.165) is 24.8 Å². The fourth-order valence-electron chi connectivity index (χ4n) is 11.2. The lowest BCUT2D eigenvalue weighted by Crippen LogP contribution is -2.60. The van der Waals surface area contributed by atoms with Crippen molar-refractivity contribution in [2.75, 3.05) is 17.2 Å². The van der Waals surface area contributed by atoms with Gasteiger partial charge in [-0.2, -0.15) is 5.10 Å². The summed E-state index contributed by atoms with van der Waals surface area (Å²) in [4.78, 5) is 68.1. The lowest BCUT2D eigenvalue weighted by Gasteiger charge is -2.47. The molecule has 0 bridgehead atoms. The highest BCUT2D eigenvalue weighted by molar-refractivity contribution is 6.31. The number of anilines is 2. The molecule has 17 heteroatoms. The van der Waals surface area contributed by atoms with E-state index < -0.39 is 52.8 Å². The van der Waals surface area contributed by atoms with Crippen molar-refractivity contribution in [1.82, 2.24) is 30.6 Å². The fraction of sp³-hybridized carbons (Fsp3) is 0.333. The Balaban J connectivity index is 0.776. The molecule has 5 atom stereocenters. The van der Waals surface area contributed by atoms with Crippen LogP contribution in [0.25, 0.3) is 0 Å². The molecular formula is C51H47Cl2FN8O6. The van der Waals surface area contributed by atoms with Crippen molar-refractivity contribution in [3.05, 3.63) is 146 Å². The molecule has 5 amide bonds. The van der Waals surface area contributed by atoms with Gasteiger partial charge in [0.1, 0.15) is 23.5 Å². The van der Waals surface area contributed by atoms with Crippen LogP contribution < -0.4 is 26.6 Å². The Labute approximate surface area is 401 Å². The molecule has 1 aliphatic carbocycles. The topological polar surface area (TPSA) is 187 Å². The average Bonchev–Trinajstić information content (AvgIpc) is 4.08. The van der Waals surface area contributed by atoms with Gasteiger partial charge in [-0.25, -0.2) is 4.39 Å². The largest absolute Gasteiger partial charge is 0.374 e. The second-order valence-corrected chi connectivity index (χ2v) is 19.0. The molecule has 14 nitrogen and oxygen atoms in total. The van der Waals surface area contributed by atoms with E-state index in [1.54, 1.807) is 71.5 Å². The van der Waals surface area contributed by atoms with Crippen molar-refractivity contribution >= 4 is 64.1 Å². The zero-order valence-electron chi connectivity index (χ0n) is 36.7. The van der Waals surface area contributed by atoms with Crippen LogP contribution in [0, 0.1) is 17.7 Å². The Morgan fingerprint density at radius 2 is 1.76 bits per heavy atom. The molecule has 1 aromatic heterocycles. The number of halogens is 3. The Morgan fingerprint density at radius 3 is 2.56 bits per heavy atom. The molecule has 5 heterocycles. The van der Waals surface area contributed by atoms with Crippen LogP contribution >= 0.6 is 23.2 Å². The summed E-state index contributed by atoms with van der Waals surface area (Å²) in [5.41, 5.74) is 2.78. The van der Waals surface area contributed by atoms with Crippen molar-refractivity contribution < 1.29 is 33.5 Å². The van der Waals surface area contributed by atoms with Gasteiger partial charge in [-0.15, -0.1) is 0 Å². The van der Waals surface area contributed by atoms with Crippen molar-refractivity contribution in [1.29, 1.82) is 0 Å². The number of benzene rings is 4. The molecule has 2 saturated heterocycles. The van der Waals surface area contributed by atoms with E-state index in [1.807, 2.05) is 18.3 Å². The molecule has 2 spiro atoms. The first-order valence-corrected chi connectivity index (χ1v) is 23.6. The number of piperidine rings is 1. The third-order valence-corrected chi connectivity index (χ3v) is 14.8. The van der Waals surface area contributed by atoms with Crippen molar-refractivity contribution in [3.8, 4) is 11.8 Å². The van der Waals surface area contributed by atoms with E-state index in [0.29, 0.717) is 76.6 Å². The Morgan fingerprint density at radius 1 is 0.971 bits per heavy atom. The molecule has 2 unspecified atom stereocenters. The summed E-state index contributed by atoms with van der Waals surface area (Å²) in [6.07, 6.45) is 7.38. The SMILES string of the molecule is O=C1CCC(N2Cc3c(C#Cc4cnn(CCCNC(O)c5ccc(NC(=O)[C@@H]6NC7(CCCCC7)[C@@]7(C(=O)Nc8cc(Cl)ccc87)[C@H]6c6cccc(Cl)c6F)cc5)c4)cccc3C2=O)C(=O)N1. The van der Waals surface area contributed by atoms with Crippen molar-refractivity contribution in [2.24, 2.45) is 0 Å². The summed E-state index contributed by atoms with van der Waals surface area (Å²) in [6, 6.07) is 20.3. The molecule has 68 heavy (non-hydrogen) atoms. The average molecular weight is 958 g/mol. The van der Waals surface area contributed by atoms with Gasteiger partial charge in [-0.3, -0.25) is 44.6 Å². The number of nitrogens with one attached hydrogen (secondary N) is 5. The smallest absolute Gasteiger partial charge is 0.255 e. The van der Waals surface area contributed by atoms with E-state index >= 15 is 4.39 Å². The van der Waals surface area contributed by atoms with E-state index in [2.05, 4.69) is 43.5 Å². The highest BCUT2D eigenvalue weighted by atomic mass is 35.5. The second-order valence-electron chi connectivity index (χ2n) is 18.1. The van der Waals surface area contributed by atoms with Gasteiger partial charge in [0, 0.05) is 64.7 Å². The number of aromatic nitrogens is 2. The van der Waals surface area contributed by atoms with Gasteiger partial charge >= 0.3 is 0 Å². The fourth-order valence-corrected chi connectivity index (χ4v) is 11.5. The van der Waals surface area contributed by atoms with Gasteiger partial charge in [-0.1, -0.05) is 90.7 Å².